The fourth-order valence-corrected chi connectivity index (χ4v) is 3.34. The first-order valence-corrected chi connectivity index (χ1v) is 8.49. The molecular formula is C15H25IN4O2S. The van der Waals surface area contributed by atoms with Gasteiger partial charge in [-0.1, -0.05) is 0 Å². The molecule has 0 bridgehead atoms. The van der Waals surface area contributed by atoms with Gasteiger partial charge in [-0.05, 0) is 26.7 Å². The minimum atomic E-state index is -0.0965. The maximum absolute atomic E-state index is 11.9. The quantitative estimate of drug-likeness (QED) is 0.329. The van der Waals surface area contributed by atoms with Crippen molar-refractivity contribution in [2.24, 2.45) is 10.9 Å². The Labute approximate surface area is 158 Å². The molecule has 0 spiro atoms. The van der Waals surface area contributed by atoms with E-state index in [2.05, 4.69) is 20.2 Å². The lowest BCUT2D eigenvalue weighted by molar-refractivity contribution is -0.149. The SMILES string of the molecule is CCOC(=O)C1CCCN(C(=NC)NCc2cnc(C)s2)C1.I. The van der Waals surface area contributed by atoms with Gasteiger partial charge in [-0.3, -0.25) is 9.79 Å². The third kappa shape index (κ3) is 5.91. The molecule has 0 aromatic carbocycles. The van der Waals surface area contributed by atoms with Crippen LogP contribution >= 0.6 is 35.3 Å². The molecule has 1 fully saturated rings. The van der Waals surface area contributed by atoms with Crippen LogP contribution in [0.25, 0.3) is 0 Å². The van der Waals surface area contributed by atoms with E-state index in [1.54, 1.807) is 18.4 Å². The molecule has 1 saturated heterocycles. The van der Waals surface area contributed by atoms with Gasteiger partial charge in [0.05, 0.1) is 24.1 Å². The number of aliphatic imine (C=N–C) groups is 1. The third-order valence-corrected chi connectivity index (χ3v) is 4.56. The maximum Gasteiger partial charge on any atom is 0.310 e. The van der Waals surface area contributed by atoms with Crippen molar-refractivity contribution in [1.82, 2.24) is 15.2 Å². The van der Waals surface area contributed by atoms with Crippen LogP contribution < -0.4 is 5.32 Å². The number of nitrogens with zero attached hydrogens (tertiary/aromatic N) is 3. The second-order valence-corrected chi connectivity index (χ2v) is 6.60. The van der Waals surface area contributed by atoms with Crippen molar-refractivity contribution in [3.8, 4) is 0 Å². The molecule has 1 aromatic heterocycles. The van der Waals surface area contributed by atoms with Gasteiger partial charge in [0.25, 0.3) is 0 Å². The van der Waals surface area contributed by atoms with Gasteiger partial charge in [-0.15, -0.1) is 35.3 Å². The van der Waals surface area contributed by atoms with E-state index < -0.39 is 0 Å². The van der Waals surface area contributed by atoms with Gasteiger partial charge >= 0.3 is 5.97 Å². The Bertz CT molecular complexity index is 535. The average Bonchev–Trinajstić information content (AvgIpc) is 2.94. The van der Waals surface area contributed by atoms with Crippen LogP contribution in [0.3, 0.4) is 0 Å². The van der Waals surface area contributed by atoms with Crippen molar-refractivity contribution in [1.29, 1.82) is 0 Å². The molecule has 6 nitrogen and oxygen atoms in total. The summed E-state index contributed by atoms with van der Waals surface area (Å²) in [6.45, 7) is 6.57. The number of likely N-dealkylation sites (tertiary alicyclic amines) is 1. The molecular weight excluding hydrogens is 427 g/mol. The van der Waals surface area contributed by atoms with E-state index >= 15 is 0 Å². The minimum Gasteiger partial charge on any atom is -0.466 e. The smallest absolute Gasteiger partial charge is 0.310 e. The van der Waals surface area contributed by atoms with Crippen molar-refractivity contribution < 1.29 is 9.53 Å². The Morgan fingerprint density at radius 1 is 1.61 bits per heavy atom. The highest BCUT2D eigenvalue weighted by molar-refractivity contribution is 14.0. The first-order valence-electron chi connectivity index (χ1n) is 7.67. The highest BCUT2D eigenvalue weighted by atomic mass is 127. The minimum absolute atomic E-state index is 0. The largest absolute Gasteiger partial charge is 0.466 e. The second kappa shape index (κ2) is 10.1. The zero-order valence-electron chi connectivity index (χ0n) is 13.9. The number of ether oxygens (including phenoxy) is 1. The standard InChI is InChI=1S/C15H24N4O2S.HI/c1-4-21-14(20)12-6-5-7-19(10-12)15(16-3)18-9-13-8-17-11(2)22-13;/h8,12H,4-7,9-10H2,1-3H3,(H,16,18);1H. The number of aromatic nitrogens is 1. The number of guanidine groups is 1. The van der Waals surface area contributed by atoms with Crippen LogP contribution in [0, 0.1) is 12.8 Å². The predicted octanol–water partition coefficient (Wildman–Crippen LogP) is 2.42. The van der Waals surface area contributed by atoms with E-state index in [1.807, 2.05) is 20.0 Å². The number of aryl methyl sites for hydroxylation is 1. The molecule has 0 amide bonds. The first-order chi connectivity index (χ1) is 10.6. The highest BCUT2D eigenvalue weighted by Crippen LogP contribution is 2.18. The molecule has 2 rings (SSSR count). The summed E-state index contributed by atoms with van der Waals surface area (Å²) in [5, 5.41) is 4.42. The molecule has 1 atom stereocenters. The summed E-state index contributed by atoms with van der Waals surface area (Å²) in [6.07, 6.45) is 3.75. The van der Waals surface area contributed by atoms with Crippen molar-refractivity contribution >= 4 is 47.2 Å². The van der Waals surface area contributed by atoms with Gasteiger partial charge in [0.1, 0.15) is 0 Å². The Morgan fingerprint density at radius 2 is 2.39 bits per heavy atom. The lowest BCUT2D eigenvalue weighted by Gasteiger charge is -2.33. The summed E-state index contributed by atoms with van der Waals surface area (Å²) in [5.41, 5.74) is 0. The summed E-state index contributed by atoms with van der Waals surface area (Å²) < 4.78 is 5.14. The molecule has 0 aliphatic carbocycles. The van der Waals surface area contributed by atoms with Crippen LogP contribution in [0.15, 0.2) is 11.2 Å². The van der Waals surface area contributed by atoms with Crippen LogP contribution in [0.5, 0.6) is 0 Å². The summed E-state index contributed by atoms with van der Waals surface area (Å²) in [5.74, 6) is 0.679. The monoisotopic (exact) mass is 452 g/mol. The summed E-state index contributed by atoms with van der Waals surface area (Å²) in [6, 6.07) is 0. The third-order valence-electron chi connectivity index (χ3n) is 3.64. The second-order valence-electron chi connectivity index (χ2n) is 5.28. The number of carbonyl (C=O) groups excluding carboxylic acids is 1. The number of halogens is 1. The molecule has 1 aliphatic heterocycles. The van der Waals surface area contributed by atoms with E-state index in [0.29, 0.717) is 19.7 Å². The molecule has 1 aromatic rings. The van der Waals surface area contributed by atoms with Crippen LogP contribution in [0.2, 0.25) is 0 Å². The number of nitrogens with one attached hydrogen (secondary N) is 1. The zero-order valence-corrected chi connectivity index (χ0v) is 17.0. The van der Waals surface area contributed by atoms with Gasteiger partial charge in [0, 0.05) is 31.2 Å². The number of piperidine rings is 1. The van der Waals surface area contributed by atoms with Crippen molar-refractivity contribution in [2.75, 3.05) is 26.7 Å². The Morgan fingerprint density at radius 3 is 3.00 bits per heavy atom. The number of thiazole rings is 1. The van der Waals surface area contributed by atoms with E-state index in [1.165, 1.54) is 4.88 Å². The topological polar surface area (TPSA) is 66.8 Å². The number of esters is 1. The van der Waals surface area contributed by atoms with Gasteiger partial charge in [-0.25, -0.2) is 4.98 Å². The predicted molar refractivity (Wildman–Crippen MR) is 103 cm³/mol. The Kier molecular flexibility index (Phi) is 8.82. The molecule has 0 radical (unpaired) electrons. The van der Waals surface area contributed by atoms with Crippen molar-refractivity contribution in [3.05, 3.63) is 16.1 Å². The van der Waals surface area contributed by atoms with Crippen LogP contribution in [-0.4, -0.2) is 48.6 Å². The van der Waals surface area contributed by atoms with Crippen molar-refractivity contribution in [2.45, 2.75) is 33.2 Å². The van der Waals surface area contributed by atoms with Crippen LogP contribution in [-0.2, 0) is 16.1 Å². The van der Waals surface area contributed by atoms with E-state index in [-0.39, 0.29) is 35.9 Å². The molecule has 130 valence electrons. The first kappa shape index (κ1) is 20.1. The number of rotatable bonds is 4. The Balaban J connectivity index is 0.00000264. The molecule has 0 saturated carbocycles. The lowest BCUT2D eigenvalue weighted by atomic mass is 9.98. The van der Waals surface area contributed by atoms with Gasteiger partial charge in [-0.2, -0.15) is 0 Å². The molecule has 1 unspecified atom stereocenters. The van der Waals surface area contributed by atoms with Crippen molar-refractivity contribution in [3.63, 3.8) is 0 Å². The Hall–Kier alpha value is -0.900. The lowest BCUT2D eigenvalue weighted by Crippen LogP contribution is -2.48. The summed E-state index contributed by atoms with van der Waals surface area (Å²) >= 11 is 1.68. The molecule has 8 heteroatoms. The normalized spacial score (nSPS) is 18.3. The summed E-state index contributed by atoms with van der Waals surface area (Å²) in [4.78, 5) is 23.8. The molecule has 1 N–H and O–H groups in total. The van der Waals surface area contributed by atoms with E-state index in [4.69, 9.17) is 4.74 Å². The van der Waals surface area contributed by atoms with E-state index in [0.717, 1.165) is 30.4 Å². The fraction of sp³-hybridized carbons (Fsp3) is 0.667. The van der Waals surface area contributed by atoms with Crippen LogP contribution in [0.4, 0.5) is 0 Å². The fourth-order valence-electron chi connectivity index (χ4n) is 2.61. The summed E-state index contributed by atoms with van der Waals surface area (Å²) in [7, 11) is 1.77. The number of hydrogen-bond acceptors (Lipinski definition) is 5. The van der Waals surface area contributed by atoms with Gasteiger partial charge in [0.2, 0.25) is 0 Å². The number of hydrogen-bond donors (Lipinski definition) is 1. The van der Waals surface area contributed by atoms with Crippen LogP contribution in [0.1, 0.15) is 29.7 Å². The molecule has 2 heterocycles. The molecule has 23 heavy (non-hydrogen) atoms. The number of carbonyl (C=O) groups is 1. The van der Waals surface area contributed by atoms with Gasteiger partial charge in [0.15, 0.2) is 5.96 Å². The molecule has 1 aliphatic rings. The highest BCUT2D eigenvalue weighted by Gasteiger charge is 2.28. The van der Waals surface area contributed by atoms with E-state index in [9.17, 15) is 4.79 Å². The van der Waals surface area contributed by atoms with Gasteiger partial charge < -0.3 is 15.0 Å². The average molecular weight is 452 g/mol. The maximum atomic E-state index is 11.9. The zero-order chi connectivity index (χ0) is 15.9.